The fourth-order valence-electron chi connectivity index (χ4n) is 4.44. The standard InChI is InChI=1S/C30H35F3N4O4S2/c1-4-11-34-29(40)37-14-12-36(13-15-37)17-24-26(43-27(35-24)21-5-7-22(8-6-21)30(31,32)33)18-42-23-9-10-25(19(2)16-23)41-20(3)28(38)39/h5-10,16,20H,4,11-15,17-18H2,1-3H3,(H,34,40)(H,38,39). The number of amides is 2. The van der Waals surface area contributed by atoms with Gasteiger partial charge in [0.25, 0.3) is 0 Å². The van der Waals surface area contributed by atoms with Crippen LogP contribution in [0, 0.1) is 6.92 Å². The number of benzene rings is 2. The number of rotatable bonds is 11. The highest BCUT2D eigenvalue weighted by Crippen LogP contribution is 2.36. The van der Waals surface area contributed by atoms with Crippen LogP contribution in [-0.4, -0.2) is 70.7 Å². The Hall–Kier alpha value is -3.29. The molecule has 1 aliphatic rings. The van der Waals surface area contributed by atoms with Crippen molar-refractivity contribution in [3.8, 4) is 16.3 Å². The van der Waals surface area contributed by atoms with E-state index >= 15 is 0 Å². The maximum absolute atomic E-state index is 13.1. The van der Waals surface area contributed by atoms with E-state index in [2.05, 4.69) is 10.2 Å². The van der Waals surface area contributed by atoms with Crippen molar-refractivity contribution in [2.75, 3.05) is 32.7 Å². The van der Waals surface area contributed by atoms with Gasteiger partial charge in [0.1, 0.15) is 10.8 Å². The zero-order valence-electron chi connectivity index (χ0n) is 24.2. The zero-order chi connectivity index (χ0) is 31.1. The summed E-state index contributed by atoms with van der Waals surface area (Å²) in [5, 5.41) is 12.7. The molecule has 1 aliphatic heterocycles. The largest absolute Gasteiger partial charge is 0.479 e. The molecule has 8 nitrogen and oxygen atoms in total. The fraction of sp³-hybridized carbons (Fsp3) is 0.433. The molecule has 0 radical (unpaired) electrons. The molecule has 2 amide bonds. The van der Waals surface area contributed by atoms with Gasteiger partial charge in [0, 0.05) is 60.4 Å². The van der Waals surface area contributed by atoms with Crippen molar-refractivity contribution in [1.82, 2.24) is 20.1 Å². The number of aryl methyl sites for hydroxylation is 1. The van der Waals surface area contributed by atoms with Gasteiger partial charge in [0.2, 0.25) is 0 Å². The van der Waals surface area contributed by atoms with Gasteiger partial charge in [-0.25, -0.2) is 14.6 Å². The number of alkyl halides is 3. The first-order valence-corrected chi connectivity index (χ1v) is 15.8. The predicted molar refractivity (Wildman–Crippen MR) is 162 cm³/mol. The van der Waals surface area contributed by atoms with Crippen molar-refractivity contribution in [3.63, 3.8) is 0 Å². The van der Waals surface area contributed by atoms with Crippen LogP contribution in [0.15, 0.2) is 47.4 Å². The average Bonchev–Trinajstić information content (AvgIpc) is 3.38. The number of aliphatic carboxylic acids is 1. The molecule has 1 saturated heterocycles. The molecule has 0 aliphatic carbocycles. The van der Waals surface area contributed by atoms with E-state index in [9.17, 15) is 22.8 Å². The number of ether oxygens (including phenoxy) is 1. The zero-order valence-corrected chi connectivity index (χ0v) is 25.9. The summed E-state index contributed by atoms with van der Waals surface area (Å²) in [5.41, 5.74) is 1.60. The van der Waals surface area contributed by atoms with E-state index in [-0.39, 0.29) is 6.03 Å². The van der Waals surface area contributed by atoms with Gasteiger partial charge in [-0.1, -0.05) is 19.1 Å². The maximum Gasteiger partial charge on any atom is 0.416 e. The number of nitrogens with zero attached hydrogens (tertiary/aromatic N) is 3. The van der Waals surface area contributed by atoms with Gasteiger partial charge < -0.3 is 20.1 Å². The third kappa shape index (κ3) is 8.87. The van der Waals surface area contributed by atoms with Gasteiger partial charge in [-0.3, -0.25) is 4.90 Å². The number of carboxylic acid groups (broad SMARTS) is 1. The molecule has 3 aromatic rings. The van der Waals surface area contributed by atoms with E-state index < -0.39 is 23.8 Å². The van der Waals surface area contributed by atoms with Crippen LogP contribution in [0.5, 0.6) is 5.75 Å². The Balaban J connectivity index is 1.50. The number of thioether (sulfide) groups is 1. The molecule has 1 atom stereocenters. The molecule has 0 spiro atoms. The van der Waals surface area contributed by atoms with Crippen molar-refractivity contribution in [2.45, 2.75) is 56.7 Å². The number of halogens is 3. The van der Waals surface area contributed by atoms with Gasteiger partial charge in [-0.2, -0.15) is 13.2 Å². The van der Waals surface area contributed by atoms with E-state index in [0.29, 0.717) is 61.3 Å². The molecule has 2 aromatic carbocycles. The van der Waals surface area contributed by atoms with Crippen molar-refractivity contribution >= 4 is 35.1 Å². The molecule has 1 aromatic heterocycles. The quantitative estimate of drug-likeness (QED) is 0.232. The minimum atomic E-state index is -4.41. The second-order valence-electron chi connectivity index (χ2n) is 10.3. The molecule has 1 fully saturated rings. The molecule has 0 bridgehead atoms. The van der Waals surface area contributed by atoms with Crippen LogP contribution in [0.2, 0.25) is 0 Å². The number of thiazole rings is 1. The Morgan fingerprint density at radius 1 is 1.14 bits per heavy atom. The summed E-state index contributed by atoms with van der Waals surface area (Å²) >= 11 is 3.06. The van der Waals surface area contributed by atoms with Crippen molar-refractivity contribution in [2.24, 2.45) is 0 Å². The monoisotopic (exact) mass is 636 g/mol. The molecule has 1 unspecified atom stereocenters. The number of nitrogens with one attached hydrogen (secondary N) is 1. The Kier molecular flexibility index (Phi) is 11.0. The first-order chi connectivity index (χ1) is 20.4. The first kappa shape index (κ1) is 32.6. The summed E-state index contributed by atoms with van der Waals surface area (Å²) in [4.78, 5) is 34.4. The SMILES string of the molecule is CCCNC(=O)N1CCN(Cc2nc(-c3ccc(C(F)(F)F)cc3)sc2CSc2ccc(OC(C)C(=O)O)c(C)c2)CC1. The number of carbonyl (C=O) groups excluding carboxylic acids is 1. The topological polar surface area (TPSA) is 95.0 Å². The highest BCUT2D eigenvalue weighted by Gasteiger charge is 2.30. The van der Waals surface area contributed by atoms with Gasteiger partial charge in [-0.05, 0) is 56.2 Å². The number of carboxylic acids is 1. The summed E-state index contributed by atoms with van der Waals surface area (Å²) < 4.78 is 44.9. The summed E-state index contributed by atoms with van der Waals surface area (Å²) in [6, 6.07) is 10.6. The minimum Gasteiger partial charge on any atom is -0.479 e. The fourth-order valence-corrected chi connectivity index (χ4v) is 6.62. The Morgan fingerprint density at radius 2 is 1.84 bits per heavy atom. The molecule has 0 saturated carbocycles. The number of piperazine rings is 1. The molecule has 2 heterocycles. The van der Waals surface area contributed by atoms with Gasteiger partial charge in [0.15, 0.2) is 6.10 Å². The van der Waals surface area contributed by atoms with Crippen LogP contribution in [0.1, 0.15) is 42.0 Å². The lowest BCUT2D eigenvalue weighted by Gasteiger charge is -2.34. The van der Waals surface area contributed by atoms with E-state index in [4.69, 9.17) is 14.8 Å². The van der Waals surface area contributed by atoms with Crippen LogP contribution in [0.3, 0.4) is 0 Å². The maximum atomic E-state index is 13.1. The Morgan fingerprint density at radius 3 is 2.44 bits per heavy atom. The van der Waals surface area contributed by atoms with Crippen LogP contribution in [0.4, 0.5) is 18.0 Å². The first-order valence-electron chi connectivity index (χ1n) is 14.0. The van der Waals surface area contributed by atoms with Gasteiger partial charge in [0.05, 0.1) is 11.3 Å². The van der Waals surface area contributed by atoms with Crippen LogP contribution in [-0.2, 0) is 23.3 Å². The third-order valence-corrected chi connectivity index (χ3v) is 9.31. The molecule has 4 rings (SSSR count). The van der Waals surface area contributed by atoms with E-state index in [1.165, 1.54) is 30.4 Å². The third-order valence-electron chi connectivity index (χ3n) is 6.96. The predicted octanol–water partition coefficient (Wildman–Crippen LogP) is 6.52. The van der Waals surface area contributed by atoms with Crippen LogP contribution >= 0.6 is 23.1 Å². The lowest BCUT2D eigenvalue weighted by Crippen LogP contribution is -2.51. The van der Waals surface area contributed by atoms with E-state index in [0.717, 1.165) is 39.6 Å². The number of hydrogen-bond donors (Lipinski definition) is 2. The Bertz CT molecular complexity index is 1410. The van der Waals surface area contributed by atoms with Gasteiger partial charge >= 0.3 is 18.2 Å². The number of aromatic nitrogens is 1. The normalized spacial score (nSPS) is 14.9. The van der Waals surface area contributed by atoms with Gasteiger partial charge in [-0.15, -0.1) is 23.1 Å². The lowest BCUT2D eigenvalue weighted by molar-refractivity contribution is -0.144. The smallest absolute Gasteiger partial charge is 0.416 e. The van der Waals surface area contributed by atoms with Crippen LogP contribution in [0.25, 0.3) is 10.6 Å². The van der Waals surface area contributed by atoms with Crippen molar-refractivity contribution in [1.29, 1.82) is 0 Å². The number of carbonyl (C=O) groups is 2. The van der Waals surface area contributed by atoms with Crippen LogP contribution < -0.4 is 10.1 Å². The van der Waals surface area contributed by atoms with Crippen molar-refractivity contribution < 1.29 is 32.6 Å². The van der Waals surface area contributed by atoms with E-state index in [1.807, 2.05) is 30.9 Å². The Labute approximate surface area is 257 Å². The molecule has 13 heteroatoms. The number of hydrogen-bond acceptors (Lipinski definition) is 7. The molecule has 2 N–H and O–H groups in total. The summed E-state index contributed by atoms with van der Waals surface area (Å²) in [7, 11) is 0. The average molecular weight is 637 g/mol. The van der Waals surface area contributed by atoms with Crippen molar-refractivity contribution in [3.05, 3.63) is 64.2 Å². The second-order valence-corrected chi connectivity index (χ2v) is 12.4. The second kappa shape index (κ2) is 14.5. The highest BCUT2D eigenvalue weighted by atomic mass is 32.2. The summed E-state index contributed by atoms with van der Waals surface area (Å²) in [6.45, 7) is 9.13. The molecular weight excluding hydrogens is 601 g/mol. The summed E-state index contributed by atoms with van der Waals surface area (Å²) in [5.74, 6) is 0.0588. The van der Waals surface area contributed by atoms with E-state index in [1.54, 1.807) is 17.8 Å². The summed E-state index contributed by atoms with van der Waals surface area (Å²) in [6.07, 6.45) is -4.50. The molecular formula is C30H35F3N4O4S2. The number of urea groups is 1. The lowest BCUT2D eigenvalue weighted by atomic mass is 10.1. The molecule has 43 heavy (non-hydrogen) atoms. The highest BCUT2D eigenvalue weighted by molar-refractivity contribution is 7.98. The molecule has 232 valence electrons. The minimum absolute atomic E-state index is 0.0547.